The van der Waals surface area contributed by atoms with Gasteiger partial charge in [-0.25, -0.2) is 0 Å². The van der Waals surface area contributed by atoms with E-state index < -0.39 is 18.7 Å². The SMILES string of the molecule is C[Te](C)(N=[N+]=[N-])N=[N+]=[N-]. The molecule has 0 aliphatic carbocycles. The van der Waals surface area contributed by atoms with Gasteiger partial charge < -0.3 is 0 Å². The monoisotopic (exact) mass is 244 g/mol. The average Bonchev–Trinajstić information content (AvgIpc) is 1.64. The van der Waals surface area contributed by atoms with Gasteiger partial charge in [0.15, 0.2) is 0 Å². The van der Waals surface area contributed by atoms with Crippen molar-refractivity contribution in [1.29, 1.82) is 0 Å². The van der Waals surface area contributed by atoms with Gasteiger partial charge in [-0.05, 0) is 0 Å². The Morgan fingerprint density at radius 1 is 1.11 bits per heavy atom. The van der Waals surface area contributed by atoms with E-state index in [2.05, 4.69) is 16.6 Å². The van der Waals surface area contributed by atoms with Crippen molar-refractivity contribution in [2.45, 2.75) is 9.94 Å². The van der Waals surface area contributed by atoms with Gasteiger partial charge in [0, 0.05) is 0 Å². The molecule has 0 heterocycles. The predicted octanol–water partition coefficient (Wildman–Crippen LogP) is 2.31. The zero-order valence-corrected chi connectivity index (χ0v) is 7.42. The number of azide groups is 1. The second-order valence-electron chi connectivity index (χ2n) is 1.56. The van der Waals surface area contributed by atoms with Crippen LogP contribution in [0.5, 0.6) is 0 Å². The van der Waals surface area contributed by atoms with Gasteiger partial charge in [-0.15, -0.1) is 0 Å². The minimum absolute atomic E-state index is 1.71. The Kier molecular flexibility index (Phi) is 3.21. The Morgan fingerprint density at radius 3 is 1.67 bits per heavy atom. The third-order valence-electron chi connectivity index (χ3n) is 0.473. The summed E-state index contributed by atoms with van der Waals surface area (Å²) in [5, 5.41) is 0. The van der Waals surface area contributed by atoms with E-state index in [9.17, 15) is 0 Å². The topological polar surface area (TPSA) is 97.5 Å². The Bertz CT molecular complexity index is 163. The zero-order valence-electron chi connectivity index (χ0n) is 5.09. The van der Waals surface area contributed by atoms with Crippen molar-refractivity contribution in [3.63, 3.8) is 0 Å². The quantitative estimate of drug-likeness (QED) is 0.307. The molecular weight excluding hydrogens is 236 g/mol. The van der Waals surface area contributed by atoms with Gasteiger partial charge >= 0.3 is 56.3 Å². The molecule has 0 aromatic rings. The van der Waals surface area contributed by atoms with E-state index in [1.807, 2.05) is 0 Å². The van der Waals surface area contributed by atoms with Crippen LogP contribution in [-0.2, 0) is 0 Å². The second-order valence-corrected chi connectivity index (χ2v) is 9.46. The Labute approximate surface area is 56.6 Å². The van der Waals surface area contributed by atoms with Crippen LogP contribution in [0.4, 0.5) is 0 Å². The van der Waals surface area contributed by atoms with Crippen LogP contribution in [0, 0.1) is 0 Å². The van der Waals surface area contributed by atoms with Crippen LogP contribution < -0.4 is 0 Å². The van der Waals surface area contributed by atoms with Crippen LogP contribution in [0.2, 0.25) is 9.94 Å². The van der Waals surface area contributed by atoms with Gasteiger partial charge in [-0.1, -0.05) is 0 Å². The molecule has 0 saturated heterocycles. The molecule has 7 heteroatoms. The second kappa shape index (κ2) is 3.44. The van der Waals surface area contributed by atoms with Crippen molar-refractivity contribution in [3.05, 3.63) is 20.9 Å². The summed E-state index contributed by atoms with van der Waals surface area (Å²) in [4.78, 5) is 8.56. The van der Waals surface area contributed by atoms with Crippen molar-refractivity contribution in [2.24, 2.45) is 6.73 Å². The standard InChI is InChI=1S/C2H6N6Te/c1-9(2,7-5-3)8-6-4/h1-2H3. The zero-order chi connectivity index (χ0) is 7.33. The van der Waals surface area contributed by atoms with Crippen molar-refractivity contribution in [2.75, 3.05) is 0 Å². The molecule has 0 aliphatic heterocycles. The summed E-state index contributed by atoms with van der Waals surface area (Å²) in [5.74, 6) is 0. The summed E-state index contributed by atoms with van der Waals surface area (Å²) in [6.45, 7) is 0. The van der Waals surface area contributed by atoms with Gasteiger partial charge in [0.25, 0.3) is 0 Å². The first kappa shape index (κ1) is 8.41. The van der Waals surface area contributed by atoms with E-state index in [4.69, 9.17) is 11.1 Å². The van der Waals surface area contributed by atoms with Crippen LogP contribution >= 0.6 is 0 Å². The molecule has 0 saturated carbocycles. The average molecular weight is 242 g/mol. The van der Waals surface area contributed by atoms with E-state index in [0.717, 1.165) is 0 Å². The number of nitrogens with zero attached hydrogens (tertiary/aromatic N) is 6. The molecule has 0 spiro atoms. The molecular formula is C2H6N6Te. The summed E-state index contributed by atoms with van der Waals surface area (Å²) in [6.07, 6.45) is 0. The molecule has 0 aromatic carbocycles. The van der Waals surface area contributed by atoms with Crippen LogP contribution in [0.15, 0.2) is 6.73 Å². The molecule has 6 nitrogen and oxygen atoms in total. The van der Waals surface area contributed by atoms with Gasteiger partial charge in [0.2, 0.25) is 0 Å². The van der Waals surface area contributed by atoms with Gasteiger partial charge in [0.1, 0.15) is 0 Å². The van der Waals surface area contributed by atoms with Crippen LogP contribution in [0.25, 0.3) is 20.9 Å². The number of hydrogen-bond acceptors (Lipinski definition) is 2. The molecule has 0 unspecified atom stereocenters. The third kappa shape index (κ3) is 3.95. The van der Waals surface area contributed by atoms with Crippen molar-refractivity contribution >= 4 is 18.7 Å². The molecule has 0 bridgehead atoms. The van der Waals surface area contributed by atoms with Gasteiger partial charge in [-0.2, -0.15) is 0 Å². The third-order valence-corrected chi connectivity index (χ3v) is 3.17. The molecule has 0 atom stereocenters. The fraction of sp³-hybridized carbons (Fsp3) is 1.00. The van der Waals surface area contributed by atoms with Crippen molar-refractivity contribution < 1.29 is 0 Å². The molecule has 0 aromatic heterocycles. The summed E-state index contributed by atoms with van der Waals surface area (Å²) in [6, 6.07) is 0. The molecule has 9 heavy (non-hydrogen) atoms. The number of rotatable bonds is 2. The predicted molar refractivity (Wildman–Crippen MR) is 35.8 cm³/mol. The molecule has 0 rings (SSSR count). The molecule has 0 N–H and O–H groups in total. The summed E-state index contributed by atoms with van der Waals surface area (Å²) >= 11 is -2.77. The Balaban J connectivity index is 4.36. The maximum absolute atomic E-state index is 7.95. The first-order valence-corrected chi connectivity index (χ1v) is 8.73. The van der Waals surface area contributed by atoms with E-state index in [1.54, 1.807) is 9.94 Å². The molecule has 50 valence electrons. The summed E-state index contributed by atoms with van der Waals surface area (Å²) in [7, 11) is 0. The van der Waals surface area contributed by atoms with Crippen LogP contribution in [-0.4, -0.2) is 18.7 Å². The van der Waals surface area contributed by atoms with Crippen molar-refractivity contribution in [1.82, 2.24) is 0 Å². The molecule has 0 amide bonds. The Hall–Kier alpha value is -0.590. The van der Waals surface area contributed by atoms with Crippen LogP contribution in [0.3, 0.4) is 0 Å². The summed E-state index contributed by atoms with van der Waals surface area (Å²) in [5.41, 5.74) is 15.9. The minimum atomic E-state index is -2.77. The van der Waals surface area contributed by atoms with E-state index in [-0.39, 0.29) is 0 Å². The van der Waals surface area contributed by atoms with E-state index >= 15 is 0 Å². The fourth-order valence-electron chi connectivity index (χ4n) is 0.195. The molecule has 0 fully saturated rings. The molecule has 0 radical (unpaired) electrons. The fourth-order valence-corrected chi connectivity index (χ4v) is 1.31. The molecule has 0 aliphatic rings. The number of hydrogen-bond donors (Lipinski definition) is 0. The van der Waals surface area contributed by atoms with Crippen molar-refractivity contribution in [3.8, 4) is 0 Å². The first-order chi connectivity index (χ1) is 4.12. The normalized spacial score (nSPS) is 10.9. The van der Waals surface area contributed by atoms with Gasteiger partial charge in [-0.3, -0.25) is 0 Å². The van der Waals surface area contributed by atoms with E-state index in [0.29, 0.717) is 0 Å². The summed E-state index contributed by atoms with van der Waals surface area (Å²) < 4.78 is 6.79. The maximum atomic E-state index is 7.95. The van der Waals surface area contributed by atoms with E-state index in [1.165, 1.54) is 0 Å². The Morgan fingerprint density at radius 2 is 1.44 bits per heavy atom. The first-order valence-electron chi connectivity index (χ1n) is 1.98. The van der Waals surface area contributed by atoms with Crippen LogP contribution in [0.1, 0.15) is 0 Å². The van der Waals surface area contributed by atoms with Gasteiger partial charge in [0.05, 0.1) is 0 Å².